The second-order valence-corrected chi connectivity index (χ2v) is 9.22. The third kappa shape index (κ3) is 5.34. The average Bonchev–Trinajstić information content (AvgIpc) is 3.38. The van der Waals surface area contributed by atoms with Crippen molar-refractivity contribution in [2.75, 3.05) is 36.2 Å². The van der Waals surface area contributed by atoms with Gasteiger partial charge in [0.25, 0.3) is 5.91 Å². The second kappa shape index (κ2) is 11.3. The number of benzene rings is 4. The minimum Gasteiger partial charge on any atom is -0.455 e. The van der Waals surface area contributed by atoms with Crippen LogP contribution in [-0.2, 0) is 4.74 Å². The van der Waals surface area contributed by atoms with Gasteiger partial charge in [0.2, 0.25) is 0 Å². The number of nitrogens with one attached hydrogen (secondary N) is 3. The topological polar surface area (TPSA) is 101 Å². The first-order valence-electron chi connectivity index (χ1n) is 12.9. The Hall–Kier alpha value is -5.21. The molecule has 0 aliphatic heterocycles. The Morgan fingerprint density at radius 2 is 1.57 bits per heavy atom. The van der Waals surface area contributed by atoms with E-state index in [1.54, 1.807) is 19.2 Å². The molecule has 0 bridgehead atoms. The van der Waals surface area contributed by atoms with Crippen molar-refractivity contribution in [1.82, 2.24) is 9.97 Å². The molecular formula is C32H27N5O3. The minimum absolute atomic E-state index is 0.177. The van der Waals surface area contributed by atoms with Gasteiger partial charge in [-0.2, -0.15) is 0 Å². The maximum Gasteiger partial charge on any atom is 0.255 e. The van der Waals surface area contributed by atoms with E-state index >= 15 is 0 Å². The summed E-state index contributed by atoms with van der Waals surface area (Å²) >= 11 is 0. The molecule has 0 unspecified atom stereocenters. The van der Waals surface area contributed by atoms with Crippen molar-refractivity contribution >= 4 is 50.7 Å². The van der Waals surface area contributed by atoms with Crippen molar-refractivity contribution < 1.29 is 13.9 Å². The maximum atomic E-state index is 12.7. The molecule has 3 N–H and O–H groups in total. The third-order valence-corrected chi connectivity index (χ3v) is 6.54. The van der Waals surface area contributed by atoms with Crippen LogP contribution >= 0.6 is 0 Å². The van der Waals surface area contributed by atoms with E-state index in [1.165, 1.54) is 6.33 Å². The molecule has 4 aromatic carbocycles. The van der Waals surface area contributed by atoms with Crippen LogP contribution in [0.5, 0.6) is 0 Å². The molecule has 6 rings (SSSR count). The van der Waals surface area contributed by atoms with E-state index in [9.17, 15) is 4.79 Å². The molecule has 40 heavy (non-hydrogen) atoms. The molecule has 0 saturated heterocycles. The number of furan rings is 1. The summed E-state index contributed by atoms with van der Waals surface area (Å²) in [5.41, 5.74) is 6.33. The lowest BCUT2D eigenvalue weighted by Gasteiger charge is -2.10. The molecule has 6 aromatic rings. The summed E-state index contributed by atoms with van der Waals surface area (Å²) < 4.78 is 11.2. The molecule has 0 saturated carbocycles. The molecule has 8 heteroatoms. The number of fused-ring (bicyclic) bond motifs is 3. The normalized spacial score (nSPS) is 11.0. The first kappa shape index (κ1) is 25.1. The van der Waals surface area contributed by atoms with Crippen molar-refractivity contribution in [3.63, 3.8) is 0 Å². The predicted molar refractivity (Wildman–Crippen MR) is 159 cm³/mol. The van der Waals surface area contributed by atoms with Crippen LogP contribution < -0.4 is 16.0 Å². The third-order valence-electron chi connectivity index (χ3n) is 6.54. The van der Waals surface area contributed by atoms with Gasteiger partial charge >= 0.3 is 0 Å². The number of amides is 1. The summed E-state index contributed by atoms with van der Waals surface area (Å²) in [4.78, 5) is 21.6. The van der Waals surface area contributed by atoms with Gasteiger partial charge in [-0.05, 0) is 60.7 Å². The smallest absolute Gasteiger partial charge is 0.255 e. The quantitative estimate of drug-likeness (QED) is 0.172. The molecule has 0 aliphatic rings. The lowest BCUT2D eigenvalue weighted by atomic mass is 10.1. The summed E-state index contributed by atoms with van der Waals surface area (Å²) in [6.07, 6.45) is 1.53. The van der Waals surface area contributed by atoms with Gasteiger partial charge in [-0.3, -0.25) is 4.79 Å². The molecular weight excluding hydrogens is 502 g/mol. The maximum absolute atomic E-state index is 12.7. The van der Waals surface area contributed by atoms with Crippen molar-refractivity contribution in [2.45, 2.75) is 0 Å². The van der Waals surface area contributed by atoms with E-state index in [1.807, 2.05) is 72.8 Å². The molecule has 198 valence electrons. The van der Waals surface area contributed by atoms with Crippen molar-refractivity contribution in [1.29, 1.82) is 0 Å². The van der Waals surface area contributed by atoms with Gasteiger partial charge in [-0.25, -0.2) is 9.97 Å². The molecule has 0 fully saturated rings. The number of ether oxygens (including phenoxy) is 1. The number of nitrogens with zero attached hydrogens (tertiary/aromatic N) is 2. The number of carbonyl (C=O) groups excluding carboxylic acids is 1. The van der Waals surface area contributed by atoms with Crippen molar-refractivity contribution in [3.8, 4) is 11.3 Å². The fraction of sp³-hybridized carbons (Fsp3) is 0.0938. The van der Waals surface area contributed by atoms with E-state index < -0.39 is 0 Å². The first-order valence-corrected chi connectivity index (χ1v) is 12.9. The van der Waals surface area contributed by atoms with Gasteiger partial charge in [0, 0.05) is 58.7 Å². The molecule has 2 aromatic heterocycles. The fourth-order valence-electron chi connectivity index (χ4n) is 4.55. The molecule has 0 spiro atoms. The van der Waals surface area contributed by atoms with Gasteiger partial charge in [0.1, 0.15) is 23.3 Å². The van der Waals surface area contributed by atoms with Crippen LogP contribution in [0.3, 0.4) is 0 Å². The zero-order valence-electron chi connectivity index (χ0n) is 21.8. The largest absolute Gasteiger partial charge is 0.455 e. The van der Waals surface area contributed by atoms with Crippen LogP contribution in [0.4, 0.5) is 22.9 Å². The molecule has 1 amide bonds. The van der Waals surface area contributed by atoms with Gasteiger partial charge < -0.3 is 25.1 Å². The molecule has 0 atom stereocenters. The highest BCUT2D eigenvalue weighted by molar-refractivity contribution is 6.09. The Morgan fingerprint density at radius 3 is 2.40 bits per heavy atom. The second-order valence-electron chi connectivity index (χ2n) is 9.22. The zero-order valence-corrected chi connectivity index (χ0v) is 21.8. The lowest BCUT2D eigenvalue weighted by Crippen LogP contribution is -2.12. The number of para-hydroxylation sites is 2. The predicted octanol–water partition coefficient (Wildman–Crippen LogP) is 7.10. The molecule has 8 nitrogen and oxygen atoms in total. The summed E-state index contributed by atoms with van der Waals surface area (Å²) in [6.45, 7) is 1.32. The van der Waals surface area contributed by atoms with Crippen molar-refractivity contribution in [2.24, 2.45) is 0 Å². The number of carbonyl (C=O) groups is 1. The van der Waals surface area contributed by atoms with E-state index in [0.717, 1.165) is 44.6 Å². The summed E-state index contributed by atoms with van der Waals surface area (Å²) in [5, 5.41) is 11.6. The highest BCUT2D eigenvalue weighted by Crippen LogP contribution is 2.35. The highest BCUT2D eigenvalue weighted by Gasteiger charge is 2.13. The SMILES string of the molecule is COCCNc1ccc(C(=O)Nc2ccc(Nc3cc(-c4cccc5c4oc4ccccc45)ncn3)cc2)cc1. The summed E-state index contributed by atoms with van der Waals surface area (Å²) in [5.74, 6) is 0.471. The average molecular weight is 530 g/mol. The van der Waals surface area contributed by atoms with Crippen LogP contribution in [0.25, 0.3) is 33.2 Å². The Balaban J connectivity index is 1.14. The van der Waals surface area contributed by atoms with Crippen LogP contribution in [0.2, 0.25) is 0 Å². The van der Waals surface area contributed by atoms with Gasteiger partial charge in [0.05, 0.1) is 12.3 Å². The lowest BCUT2D eigenvalue weighted by molar-refractivity contribution is 0.102. The monoisotopic (exact) mass is 529 g/mol. The van der Waals surface area contributed by atoms with Crippen LogP contribution in [0, 0.1) is 0 Å². The van der Waals surface area contributed by atoms with Crippen LogP contribution in [-0.4, -0.2) is 36.1 Å². The number of anilines is 4. The summed E-state index contributed by atoms with van der Waals surface area (Å²) in [7, 11) is 1.66. The fourth-order valence-corrected chi connectivity index (χ4v) is 4.55. The number of aromatic nitrogens is 2. The zero-order chi connectivity index (χ0) is 27.3. The Labute approximate surface area is 231 Å². The van der Waals surface area contributed by atoms with Crippen LogP contribution in [0.15, 0.2) is 108 Å². The highest BCUT2D eigenvalue weighted by atomic mass is 16.5. The van der Waals surface area contributed by atoms with E-state index in [-0.39, 0.29) is 5.91 Å². The van der Waals surface area contributed by atoms with E-state index in [4.69, 9.17) is 9.15 Å². The molecule has 2 heterocycles. The number of rotatable bonds is 9. The van der Waals surface area contributed by atoms with Gasteiger partial charge in [-0.1, -0.05) is 30.3 Å². The standard InChI is InChI=1S/C32H27N5O3/c1-39-18-17-33-22-11-9-21(10-12-22)32(38)37-24-15-13-23(14-16-24)36-30-19-28(34-20-35-30)27-7-4-6-26-25-5-2-3-8-29(25)40-31(26)27/h2-16,19-20,33H,17-18H2,1H3,(H,37,38)(H,34,35,36). The number of hydrogen-bond donors (Lipinski definition) is 3. The molecule has 0 aliphatic carbocycles. The first-order chi connectivity index (χ1) is 19.7. The molecule has 0 radical (unpaired) electrons. The van der Waals surface area contributed by atoms with E-state index in [2.05, 4.69) is 38.1 Å². The number of methoxy groups -OCH3 is 1. The van der Waals surface area contributed by atoms with Gasteiger partial charge in [0.15, 0.2) is 0 Å². The minimum atomic E-state index is -0.177. The van der Waals surface area contributed by atoms with Crippen molar-refractivity contribution in [3.05, 3.63) is 109 Å². The summed E-state index contributed by atoms with van der Waals surface area (Å²) in [6, 6.07) is 30.8. The number of hydrogen-bond acceptors (Lipinski definition) is 7. The van der Waals surface area contributed by atoms with Gasteiger partial charge in [-0.15, -0.1) is 0 Å². The van der Waals surface area contributed by atoms with Crippen LogP contribution in [0.1, 0.15) is 10.4 Å². The Bertz CT molecular complexity index is 1780. The Morgan fingerprint density at radius 1 is 0.825 bits per heavy atom. The Kier molecular flexibility index (Phi) is 7.07. The van der Waals surface area contributed by atoms with E-state index in [0.29, 0.717) is 30.2 Å².